The van der Waals surface area contributed by atoms with Crippen molar-refractivity contribution in [1.82, 2.24) is 9.78 Å². The van der Waals surface area contributed by atoms with Crippen LogP contribution in [0.2, 0.25) is 0 Å². The Morgan fingerprint density at radius 1 is 1.67 bits per heavy atom. The van der Waals surface area contributed by atoms with Gasteiger partial charge in [-0.05, 0) is 18.2 Å². The van der Waals surface area contributed by atoms with Crippen LogP contribution in [0.4, 0.5) is 0 Å². The fraction of sp³-hybridized carbons (Fsp3) is 0.111. The third-order valence-corrected chi connectivity index (χ3v) is 1.71. The minimum atomic E-state index is -0.0730. The van der Waals surface area contributed by atoms with Gasteiger partial charge < -0.3 is 0 Å². The lowest BCUT2D eigenvalue weighted by molar-refractivity contribution is 0.0927. The summed E-state index contributed by atoms with van der Waals surface area (Å²) in [5.74, 6) is -0.0730. The van der Waals surface area contributed by atoms with Gasteiger partial charge in [0.1, 0.15) is 0 Å². The van der Waals surface area contributed by atoms with Gasteiger partial charge in [-0.1, -0.05) is 6.07 Å². The molecule has 0 spiro atoms. The fourth-order valence-electron chi connectivity index (χ4n) is 1.16. The van der Waals surface area contributed by atoms with E-state index in [1.54, 1.807) is 12.3 Å². The van der Waals surface area contributed by atoms with Gasteiger partial charge >= 0.3 is 0 Å². The average Bonchev–Trinajstić information content (AvgIpc) is 2.47. The first kappa shape index (κ1) is 7.03. The normalized spacial score (nSPS) is 10.4. The molecule has 0 atom stereocenters. The Balaban J connectivity index is 2.79. The van der Waals surface area contributed by atoms with Gasteiger partial charge in [0.2, 0.25) is 5.91 Å². The van der Waals surface area contributed by atoms with Gasteiger partial charge in [0.15, 0.2) is 0 Å². The molecule has 1 aromatic carbocycles. The summed E-state index contributed by atoms with van der Waals surface area (Å²) in [6.45, 7) is 1.49. The number of carbonyl (C=O) groups is 1. The molecule has 1 aromatic heterocycles. The minimum Gasteiger partial charge on any atom is -0.273 e. The van der Waals surface area contributed by atoms with Crippen LogP contribution in [-0.4, -0.2) is 15.7 Å². The lowest BCUT2D eigenvalue weighted by atomic mass is 10.3. The summed E-state index contributed by atoms with van der Waals surface area (Å²) < 4.78 is 1.38. The van der Waals surface area contributed by atoms with Crippen molar-refractivity contribution in [1.29, 1.82) is 0 Å². The third kappa shape index (κ3) is 0.906. The standard InChI is InChI=1S/C9H7N2O/c1-7(12)11-9-5-3-2-4-8(9)6-10-11/h3-6H,1H3. The van der Waals surface area contributed by atoms with Crippen molar-refractivity contribution < 1.29 is 4.79 Å². The molecule has 2 aromatic rings. The highest BCUT2D eigenvalue weighted by Gasteiger charge is 2.03. The molecular formula is C9H7N2O. The van der Waals surface area contributed by atoms with E-state index in [2.05, 4.69) is 11.2 Å². The largest absolute Gasteiger partial charge is 0.273 e. The van der Waals surface area contributed by atoms with E-state index >= 15 is 0 Å². The molecule has 0 aliphatic rings. The highest BCUT2D eigenvalue weighted by molar-refractivity contribution is 5.89. The molecule has 0 fully saturated rings. The quantitative estimate of drug-likeness (QED) is 0.583. The van der Waals surface area contributed by atoms with Crippen molar-refractivity contribution >= 4 is 16.8 Å². The van der Waals surface area contributed by atoms with Crippen LogP contribution in [0, 0.1) is 6.07 Å². The monoisotopic (exact) mass is 159 g/mol. The van der Waals surface area contributed by atoms with Gasteiger partial charge in [-0.3, -0.25) is 4.79 Å². The van der Waals surface area contributed by atoms with E-state index in [1.807, 2.05) is 12.1 Å². The SMILES string of the molecule is CC(=O)n1ncc2c[c]ccc21. The zero-order chi connectivity index (χ0) is 8.55. The Morgan fingerprint density at radius 3 is 3.25 bits per heavy atom. The molecule has 1 radical (unpaired) electrons. The molecule has 2 rings (SSSR count). The molecule has 3 nitrogen and oxygen atoms in total. The van der Waals surface area contributed by atoms with Gasteiger partial charge in [0.25, 0.3) is 0 Å². The summed E-state index contributed by atoms with van der Waals surface area (Å²) >= 11 is 0. The van der Waals surface area contributed by atoms with Crippen LogP contribution < -0.4 is 0 Å². The van der Waals surface area contributed by atoms with Crippen molar-refractivity contribution in [3.63, 3.8) is 0 Å². The predicted molar refractivity (Wildman–Crippen MR) is 44.9 cm³/mol. The number of nitrogens with zero attached hydrogens (tertiary/aromatic N) is 2. The second-order valence-corrected chi connectivity index (χ2v) is 2.56. The van der Waals surface area contributed by atoms with Crippen molar-refractivity contribution in [2.24, 2.45) is 0 Å². The topological polar surface area (TPSA) is 34.9 Å². The Hall–Kier alpha value is -1.64. The second-order valence-electron chi connectivity index (χ2n) is 2.56. The number of fused-ring (bicyclic) bond motifs is 1. The highest BCUT2D eigenvalue weighted by atomic mass is 16.2. The molecule has 0 N–H and O–H groups in total. The van der Waals surface area contributed by atoms with E-state index in [-0.39, 0.29) is 5.91 Å². The molecule has 1 heterocycles. The predicted octanol–water partition coefficient (Wildman–Crippen LogP) is 1.50. The molecule has 3 heteroatoms. The van der Waals surface area contributed by atoms with Crippen LogP contribution in [0.5, 0.6) is 0 Å². The number of hydrogen-bond acceptors (Lipinski definition) is 2. The van der Waals surface area contributed by atoms with Crippen LogP contribution in [0.1, 0.15) is 11.7 Å². The Kier molecular flexibility index (Phi) is 1.43. The summed E-state index contributed by atoms with van der Waals surface area (Å²) in [7, 11) is 0. The number of aromatic nitrogens is 2. The maximum atomic E-state index is 11.0. The van der Waals surface area contributed by atoms with Crippen LogP contribution in [0.3, 0.4) is 0 Å². The van der Waals surface area contributed by atoms with E-state index in [9.17, 15) is 4.79 Å². The summed E-state index contributed by atoms with van der Waals surface area (Å²) in [6.07, 6.45) is 1.66. The summed E-state index contributed by atoms with van der Waals surface area (Å²) in [4.78, 5) is 11.0. The van der Waals surface area contributed by atoms with Crippen molar-refractivity contribution in [3.8, 4) is 0 Å². The molecule has 0 saturated heterocycles. The zero-order valence-corrected chi connectivity index (χ0v) is 6.61. The molecule has 0 bridgehead atoms. The summed E-state index contributed by atoms with van der Waals surface area (Å²) in [5, 5.41) is 4.88. The maximum absolute atomic E-state index is 11.0. The third-order valence-electron chi connectivity index (χ3n) is 1.71. The Morgan fingerprint density at radius 2 is 2.50 bits per heavy atom. The smallest absolute Gasteiger partial charge is 0.244 e. The molecule has 0 amide bonds. The van der Waals surface area contributed by atoms with Gasteiger partial charge in [-0.2, -0.15) is 5.10 Å². The van der Waals surface area contributed by atoms with E-state index in [0.29, 0.717) is 0 Å². The highest BCUT2D eigenvalue weighted by Crippen LogP contribution is 2.11. The summed E-state index contributed by atoms with van der Waals surface area (Å²) in [5.41, 5.74) is 0.834. The number of carbonyl (C=O) groups excluding carboxylic acids is 1. The molecule has 12 heavy (non-hydrogen) atoms. The fourth-order valence-corrected chi connectivity index (χ4v) is 1.16. The van der Waals surface area contributed by atoms with Gasteiger partial charge in [-0.15, -0.1) is 0 Å². The molecular weight excluding hydrogens is 152 g/mol. The van der Waals surface area contributed by atoms with Crippen molar-refractivity contribution in [2.45, 2.75) is 6.92 Å². The second kappa shape index (κ2) is 2.44. The maximum Gasteiger partial charge on any atom is 0.244 e. The van der Waals surface area contributed by atoms with Crippen molar-refractivity contribution in [2.75, 3.05) is 0 Å². The van der Waals surface area contributed by atoms with E-state index in [4.69, 9.17) is 0 Å². The van der Waals surface area contributed by atoms with E-state index < -0.39 is 0 Å². The van der Waals surface area contributed by atoms with Crippen molar-refractivity contribution in [3.05, 3.63) is 30.5 Å². The zero-order valence-electron chi connectivity index (χ0n) is 6.61. The van der Waals surface area contributed by atoms with Crippen LogP contribution in [0.25, 0.3) is 10.9 Å². The first-order valence-electron chi connectivity index (χ1n) is 3.64. The lowest BCUT2D eigenvalue weighted by Crippen LogP contribution is -2.06. The number of rotatable bonds is 0. The lowest BCUT2D eigenvalue weighted by Gasteiger charge is -1.94. The van der Waals surface area contributed by atoms with Crippen LogP contribution >= 0.6 is 0 Å². The van der Waals surface area contributed by atoms with Crippen LogP contribution in [0.15, 0.2) is 24.4 Å². The van der Waals surface area contributed by atoms with Gasteiger partial charge in [0, 0.05) is 12.3 Å². The molecule has 0 unspecified atom stereocenters. The number of hydrogen-bond donors (Lipinski definition) is 0. The number of benzene rings is 1. The first-order chi connectivity index (χ1) is 5.79. The van der Waals surface area contributed by atoms with Gasteiger partial charge in [-0.25, -0.2) is 4.68 Å². The van der Waals surface area contributed by atoms with Crippen LogP contribution in [-0.2, 0) is 0 Å². The molecule has 0 aliphatic carbocycles. The Labute approximate surface area is 69.6 Å². The molecule has 59 valence electrons. The summed E-state index contributed by atoms with van der Waals surface area (Å²) in [6, 6.07) is 8.32. The first-order valence-corrected chi connectivity index (χ1v) is 3.64. The van der Waals surface area contributed by atoms with E-state index in [1.165, 1.54) is 11.6 Å². The minimum absolute atomic E-state index is 0.0730. The Bertz CT molecular complexity index is 431. The average molecular weight is 159 g/mol. The van der Waals surface area contributed by atoms with Gasteiger partial charge in [0.05, 0.1) is 11.7 Å². The molecule has 0 saturated carbocycles. The van der Waals surface area contributed by atoms with E-state index in [0.717, 1.165) is 10.9 Å². The molecule has 0 aliphatic heterocycles.